The third-order valence-corrected chi connectivity index (χ3v) is 3.20. The van der Waals surface area contributed by atoms with Gasteiger partial charge in [0.1, 0.15) is 5.82 Å². The fraction of sp³-hybridized carbons (Fsp3) is 0.538. The van der Waals surface area contributed by atoms with Crippen molar-refractivity contribution in [3.05, 3.63) is 22.8 Å². The first-order valence-electron chi connectivity index (χ1n) is 6.64. The van der Waals surface area contributed by atoms with Gasteiger partial charge in [-0.2, -0.15) is 13.2 Å². The second kappa shape index (κ2) is 11.6. The molecule has 0 saturated heterocycles. The van der Waals surface area contributed by atoms with E-state index in [4.69, 9.17) is 11.6 Å². The van der Waals surface area contributed by atoms with Crippen LogP contribution in [0.2, 0.25) is 5.02 Å². The smallest absolute Gasteiger partial charge is 0.368 e. The van der Waals surface area contributed by atoms with E-state index in [-0.39, 0.29) is 60.6 Å². The van der Waals surface area contributed by atoms with Crippen molar-refractivity contribution in [2.24, 2.45) is 0 Å². The Balaban J connectivity index is 0. The Kier molecular flexibility index (Phi) is 12.2. The van der Waals surface area contributed by atoms with E-state index in [0.29, 0.717) is 12.7 Å². The highest BCUT2D eigenvalue weighted by atomic mass is 35.5. The molecule has 1 amide bonds. The van der Waals surface area contributed by atoms with E-state index >= 15 is 0 Å². The van der Waals surface area contributed by atoms with Gasteiger partial charge >= 0.3 is 6.18 Å². The van der Waals surface area contributed by atoms with Gasteiger partial charge in [-0.15, -0.1) is 24.8 Å². The summed E-state index contributed by atoms with van der Waals surface area (Å²) in [7, 11) is 1.79. The zero-order valence-electron chi connectivity index (χ0n) is 13.0. The molecule has 1 aromatic heterocycles. The summed E-state index contributed by atoms with van der Waals surface area (Å²) < 4.78 is 37.4. The molecule has 5 nitrogen and oxygen atoms in total. The third kappa shape index (κ3) is 8.77. The van der Waals surface area contributed by atoms with Crippen LogP contribution in [0.25, 0.3) is 0 Å². The summed E-state index contributed by atoms with van der Waals surface area (Å²) >= 11 is 5.74. The van der Waals surface area contributed by atoms with Gasteiger partial charge in [-0.25, -0.2) is 4.98 Å². The number of likely N-dealkylation sites (N-methyl/N-ethyl adjacent to an activating group) is 1. The number of hydrogen-bond donors (Lipinski definition) is 3. The average molecular weight is 412 g/mol. The van der Waals surface area contributed by atoms with E-state index in [2.05, 4.69) is 20.9 Å². The van der Waals surface area contributed by atoms with Crippen LogP contribution in [0.3, 0.4) is 0 Å². The van der Waals surface area contributed by atoms with E-state index in [1.165, 1.54) is 0 Å². The first-order valence-corrected chi connectivity index (χ1v) is 7.02. The highest BCUT2D eigenvalue weighted by molar-refractivity contribution is 6.32. The number of carbonyl (C=O) groups excluding carboxylic acids is 1. The highest BCUT2D eigenvalue weighted by Gasteiger charge is 2.31. The maximum absolute atomic E-state index is 12.5. The van der Waals surface area contributed by atoms with Crippen molar-refractivity contribution in [2.75, 3.05) is 25.5 Å². The van der Waals surface area contributed by atoms with Gasteiger partial charge in [0.05, 0.1) is 10.6 Å². The number of pyridine rings is 1. The van der Waals surface area contributed by atoms with Gasteiger partial charge in [-0.05, 0) is 20.0 Å². The Hall–Kier alpha value is -0.960. The van der Waals surface area contributed by atoms with E-state index in [0.717, 1.165) is 6.07 Å². The molecular formula is C13H20Cl3F3N4O. The molecule has 1 rings (SSSR count). The summed E-state index contributed by atoms with van der Waals surface area (Å²) in [5.41, 5.74) is -0.915. The fourth-order valence-corrected chi connectivity index (χ4v) is 1.71. The molecule has 0 spiro atoms. The molecule has 1 aromatic rings. The van der Waals surface area contributed by atoms with Crippen LogP contribution in [0.1, 0.15) is 18.9 Å². The summed E-state index contributed by atoms with van der Waals surface area (Å²) in [5, 5.41) is 8.29. The molecule has 24 heavy (non-hydrogen) atoms. The second-order valence-electron chi connectivity index (χ2n) is 4.72. The predicted molar refractivity (Wildman–Crippen MR) is 93.4 cm³/mol. The van der Waals surface area contributed by atoms with Crippen molar-refractivity contribution in [1.29, 1.82) is 0 Å². The van der Waals surface area contributed by atoms with Crippen LogP contribution >= 0.6 is 36.4 Å². The first kappa shape index (κ1) is 25.3. The van der Waals surface area contributed by atoms with Crippen molar-refractivity contribution in [2.45, 2.75) is 25.6 Å². The molecule has 0 bridgehead atoms. The van der Waals surface area contributed by atoms with Crippen molar-refractivity contribution < 1.29 is 18.0 Å². The molecule has 0 aliphatic rings. The van der Waals surface area contributed by atoms with Crippen molar-refractivity contribution in [1.82, 2.24) is 15.6 Å². The summed E-state index contributed by atoms with van der Waals surface area (Å²) in [5.74, 6) is -0.0521. The van der Waals surface area contributed by atoms with E-state index in [1.807, 2.05) is 6.92 Å². The summed E-state index contributed by atoms with van der Waals surface area (Å²) in [6, 6.07) is 0.953. The Labute approximate surface area is 155 Å². The molecule has 0 fully saturated rings. The van der Waals surface area contributed by atoms with Gasteiger partial charge in [0, 0.05) is 31.7 Å². The van der Waals surface area contributed by atoms with Crippen LogP contribution in [0.5, 0.6) is 0 Å². The minimum atomic E-state index is -4.49. The van der Waals surface area contributed by atoms with Crippen LogP contribution in [0.4, 0.5) is 19.0 Å². The lowest BCUT2D eigenvalue weighted by Gasteiger charge is -2.12. The molecule has 1 heterocycles. The van der Waals surface area contributed by atoms with Crippen LogP contribution in [-0.2, 0) is 11.0 Å². The molecule has 0 radical (unpaired) electrons. The lowest BCUT2D eigenvalue weighted by molar-refractivity contribution is -0.137. The number of halogens is 6. The monoisotopic (exact) mass is 410 g/mol. The van der Waals surface area contributed by atoms with Crippen LogP contribution < -0.4 is 16.0 Å². The topological polar surface area (TPSA) is 66.0 Å². The Morgan fingerprint density at radius 3 is 2.50 bits per heavy atom. The summed E-state index contributed by atoms with van der Waals surface area (Å²) in [6.07, 6.45) is -3.63. The number of alkyl halides is 3. The molecule has 0 aliphatic carbocycles. The first-order chi connectivity index (χ1) is 10.2. The largest absolute Gasteiger partial charge is 0.417 e. The number of anilines is 1. The molecule has 1 atom stereocenters. The summed E-state index contributed by atoms with van der Waals surface area (Å²) in [6.45, 7) is 2.64. The molecule has 1 unspecified atom stereocenters. The van der Waals surface area contributed by atoms with Crippen molar-refractivity contribution >= 4 is 48.1 Å². The maximum atomic E-state index is 12.5. The highest BCUT2D eigenvalue weighted by Crippen LogP contribution is 2.32. The molecule has 0 saturated carbocycles. The van der Waals surface area contributed by atoms with Gasteiger partial charge in [0.25, 0.3) is 0 Å². The van der Waals surface area contributed by atoms with E-state index in [1.54, 1.807) is 7.05 Å². The van der Waals surface area contributed by atoms with Gasteiger partial charge in [-0.3, -0.25) is 4.79 Å². The van der Waals surface area contributed by atoms with Crippen LogP contribution in [0, 0.1) is 0 Å². The lowest BCUT2D eigenvalue weighted by Crippen LogP contribution is -2.37. The lowest BCUT2D eigenvalue weighted by atomic mass is 10.2. The Bertz CT molecular complexity index is 518. The van der Waals surface area contributed by atoms with Gasteiger partial charge in [0.15, 0.2) is 0 Å². The summed E-state index contributed by atoms with van der Waals surface area (Å²) in [4.78, 5) is 15.2. The van der Waals surface area contributed by atoms with Crippen LogP contribution in [-0.4, -0.2) is 37.1 Å². The number of nitrogens with zero attached hydrogens (tertiary/aromatic N) is 1. The second-order valence-corrected chi connectivity index (χ2v) is 5.13. The van der Waals surface area contributed by atoms with E-state index < -0.39 is 11.7 Å². The zero-order chi connectivity index (χ0) is 16.8. The average Bonchev–Trinajstić information content (AvgIpc) is 2.45. The Morgan fingerprint density at radius 1 is 1.38 bits per heavy atom. The fourth-order valence-electron chi connectivity index (χ4n) is 1.47. The van der Waals surface area contributed by atoms with Gasteiger partial charge in [-0.1, -0.05) is 11.6 Å². The zero-order valence-corrected chi connectivity index (χ0v) is 15.4. The van der Waals surface area contributed by atoms with Crippen molar-refractivity contribution in [3.63, 3.8) is 0 Å². The van der Waals surface area contributed by atoms with Gasteiger partial charge in [0.2, 0.25) is 5.91 Å². The molecule has 3 N–H and O–H groups in total. The molecule has 0 aliphatic heterocycles. The predicted octanol–water partition coefficient (Wildman–Crippen LogP) is 3.12. The number of nitrogens with one attached hydrogen (secondary N) is 3. The quantitative estimate of drug-likeness (QED) is 0.645. The molecule has 0 aromatic carbocycles. The number of aromatic nitrogens is 1. The van der Waals surface area contributed by atoms with Crippen molar-refractivity contribution in [3.8, 4) is 0 Å². The third-order valence-electron chi connectivity index (χ3n) is 2.91. The maximum Gasteiger partial charge on any atom is 0.417 e. The van der Waals surface area contributed by atoms with E-state index in [9.17, 15) is 18.0 Å². The number of amides is 1. The van der Waals surface area contributed by atoms with Gasteiger partial charge < -0.3 is 16.0 Å². The minimum Gasteiger partial charge on any atom is -0.368 e. The SMILES string of the molecule is CNC(C)CNC(=O)CCNc1ncc(C(F)(F)F)cc1Cl.Cl.Cl. The molecule has 11 heteroatoms. The molecule has 140 valence electrons. The Morgan fingerprint density at radius 2 is 2.00 bits per heavy atom. The minimum absolute atomic E-state index is 0. The standard InChI is InChI=1S/C13H18ClF3N4O.2ClH/c1-8(18-2)6-20-11(22)3-4-19-12-10(14)5-9(7-21-12)13(15,16)17;;/h5,7-8,18H,3-4,6H2,1-2H3,(H,19,21)(H,20,22);2*1H. The molecular weight excluding hydrogens is 392 g/mol. The van der Waals surface area contributed by atoms with Crippen LogP contribution in [0.15, 0.2) is 12.3 Å². The number of rotatable bonds is 7. The number of hydrogen-bond acceptors (Lipinski definition) is 4. The normalized spacial score (nSPS) is 11.8. The number of carbonyl (C=O) groups is 1.